The summed E-state index contributed by atoms with van der Waals surface area (Å²) in [4.78, 5) is 13.7. The molecule has 0 fully saturated rings. The van der Waals surface area contributed by atoms with E-state index in [1.807, 2.05) is 43.3 Å². The highest BCUT2D eigenvalue weighted by molar-refractivity contribution is 14.1. The maximum atomic E-state index is 12.5. The predicted molar refractivity (Wildman–Crippen MR) is 119 cm³/mol. The number of amides is 1. The van der Waals surface area contributed by atoms with Gasteiger partial charge in [-0.1, -0.05) is 29.8 Å². The van der Waals surface area contributed by atoms with Crippen molar-refractivity contribution in [3.05, 3.63) is 92.6 Å². The molecular weight excluding hydrogens is 453 g/mol. The molecular formula is C22H20INOS. The number of aryl methyl sites for hydroxylation is 2. The highest BCUT2D eigenvalue weighted by Crippen LogP contribution is 2.23. The molecule has 0 heterocycles. The van der Waals surface area contributed by atoms with Crippen LogP contribution in [0.5, 0.6) is 0 Å². The molecule has 0 atom stereocenters. The maximum absolute atomic E-state index is 12.5. The molecule has 0 aliphatic carbocycles. The van der Waals surface area contributed by atoms with Crippen molar-refractivity contribution in [2.24, 2.45) is 0 Å². The molecule has 0 saturated heterocycles. The minimum absolute atomic E-state index is 0.0768. The van der Waals surface area contributed by atoms with Crippen LogP contribution in [0.2, 0.25) is 0 Å². The fourth-order valence-electron chi connectivity index (χ4n) is 2.52. The van der Waals surface area contributed by atoms with Gasteiger partial charge in [0.1, 0.15) is 0 Å². The normalized spacial score (nSPS) is 10.6. The third-order valence-corrected chi connectivity index (χ3v) is 5.83. The van der Waals surface area contributed by atoms with Crippen LogP contribution in [-0.2, 0) is 5.75 Å². The molecule has 3 aromatic rings. The van der Waals surface area contributed by atoms with E-state index in [1.165, 1.54) is 16.0 Å². The van der Waals surface area contributed by atoms with Crippen molar-refractivity contribution < 1.29 is 4.79 Å². The summed E-state index contributed by atoms with van der Waals surface area (Å²) >= 11 is 4.07. The number of anilines is 1. The van der Waals surface area contributed by atoms with Crippen molar-refractivity contribution in [3.63, 3.8) is 0 Å². The number of thioether (sulfide) groups is 1. The lowest BCUT2D eigenvalue weighted by Crippen LogP contribution is -2.12. The van der Waals surface area contributed by atoms with Crippen LogP contribution in [0, 0.1) is 17.4 Å². The Morgan fingerprint density at radius 3 is 2.31 bits per heavy atom. The van der Waals surface area contributed by atoms with Crippen LogP contribution >= 0.6 is 34.4 Å². The van der Waals surface area contributed by atoms with Gasteiger partial charge in [0, 0.05) is 25.5 Å². The van der Waals surface area contributed by atoms with Gasteiger partial charge in [0.25, 0.3) is 5.91 Å². The van der Waals surface area contributed by atoms with E-state index in [2.05, 4.69) is 65.2 Å². The van der Waals surface area contributed by atoms with Crippen molar-refractivity contribution in [1.29, 1.82) is 0 Å². The first-order valence-electron chi connectivity index (χ1n) is 8.37. The van der Waals surface area contributed by atoms with E-state index >= 15 is 0 Å². The van der Waals surface area contributed by atoms with E-state index in [0.717, 1.165) is 20.6 Å². The Morgan fingerprint density at radius 2 is 1.65 bits per heavy atom. The third-order valence-electron chi connectivity index (χ3n) is 4.08. The summed E-state index contributed by atoms with van der Waals surface area (Å²) < 4.78 is 1.16. The molecule has 4 heteroatoms. The zero-order chi connectivity index (χ0) is 18.5. The molecule has 0 unspecified atom stereocenters. The summed E-state index contributed by atoms with van der Waals surface area (Å²) in [6.45, 7) is 4.10. The number of hydrogen-bond acceptors (Lipinski definition) is 2. The first-order chi connectivity index (χ1) is 12.5. The van der Waals surface area contributed by atoms with Gasteiger partial charge in [0.15, 0.2) is 0 Å². The summed E-state index contributed by atoms with van der Waals surface area (Å²) in [5.74, 6) is 0.813. The number of nitrogens with one attached hydrogen (secondary N) is 1. The third kappa shape index (κ3) is 5.11. The molecule has 0 bridgehead atoms. The molecule has 1 amide bonds. The molecule has 0 aliphatic heterocycles. The fraction of sp³-hybridized carbons (Fsp3) is 0.136. The highest BCUT2D eigenvalue weighted by atomic mass is 127. The number of carbonyl (C=O) groups excluding carboxylic acids is 1. The van der Waals surface area contributed by atoms with Gasteiger partial charge in [0.05, 0.1) is 0 Å². The molecule has 0 aromatic heterocycles. The largest absolute Gasteiger partial charge is 0.322 e. The van der Waals surface area contributed by atoms with E-state index in [4.69, 9.17) is 0 Å². The number of hydrogen-bond donors (Lipinski definition) is 1. The monoisotopic (exact) mass is 473 g/mol. The van der Waals surface area contributed by atoms with Crippen molar-refractivity contribution in [3.8, 4) is 0 Å². The minimum Gasteiger partial charge on any atom is -0.322 e. The second kappa shape index (κ2) is 8.73. The van der Waals surface area contributed by atoms with Crippen LogP contribution in [0.1, 0.15) is 27.0 Å². The van der Waals surface area contributed by atoms with Gasteiger partial charge in [-0.05, 0) is 90.0 Å². The molecule has 0 spiro atoms. The zero-order valence-corrected chi connectivity index (χ0v) is 17.7. The molecule has 0 saturated carbocycles. The predicted octanol–water partition coefficient (Wildman–Crippen LogP) is 6.45. The van der Waals surface area contributed by atoms with E-state index in [1.54, 1.807) is 11.8 Å². The van der Waals surface area contributed by atoms with Gasteiger partial charge in [-0.25, -0.2) is 0 Å². The van der Waals surface area contributed by atoms with Crippen molar-refractivity contribution in [2.75, 3.05) is 5.32 Å². The number of carbonyl (C=O) groups is 1. The second-order valence-electron chi connectivity index (χ2n) is 6.21. The van der Waals surface area contributed by atoms with E-state index < -0.39 is 0 Å². The Hall–Kier alpha value is -1.79. The van der Waals surface area contributed by atoms with Gasteiger partial charge in [0.2, 0.25) is 0 Å². The molecule has 2 nitrogen and oxygen atoms in total. The van der Waals surface area contributed by atoms with Gasteiger partial charge < -0.3 is 5.32 Å². The zero-order valence-electron chi connectivity index (χ0n) is 14.8. The Bertz CT molecular complexity index is 904. The van der Waals surface area contributed by atoms with Crippen LogP contribution in [0.15, 0.2) is 71.6 Å². The van der Waals surface area contributed by atoms with Gasteiger partial charge in [-0.3, -0.25) is 4.79 Å². The Kier molecular flexibility index (Phi) is 6.38. The van der Waals surface area contributed by atoms with Gasteiger partial charge in [-0.2, -0.15) is 0 Å². The Balaban J connectivity index is 1.61. The summed E-state index contributed by atoms with van der Waals surface area (Å²) in [5.41, 5.74) is 5.07. The first kappa shape index (κ1) is 19.0. The molecule has 3 rings (SSSR count). The standard InChI is InChI=1S/C22H20INOS/c1-15-3-10-20(11-4-15)26-14-17-5-7-18(8-6-17)22(25)24-21-12-9-19(23)13-16(21)2/h3-13H,14H2,1-2H3,(H,24,25). The van der Waals surface area contributed by atoms with Crippen molar-refractivity contribution >= 4 is 45.9 Å². The van der Waals surface area contributed by atoms with Crippen LogP contribution in [0.3, 0.4) is 0 Å². The summed E-state index contributed by atoms with van der Waals surface area (Å²) in [5, 5.41) is 2.99. The lowest BCUT2D eigenvalue weighted by Gasteiger charge is -2.09. The quantitative estimate of drug-likeness (QED) is 0.341. The molecule has 3 aromatic carbocycles. The lowest BCUT2D eigenvalue weighted by atomic mass is 10.1. The number of halogens is 1. The number of rotatable bonds is 5. The molecule has 26 heavy (non-hydrogen) atoms. The van der Waals surface area contributed by atoms with Crippen LogP contribution < -0.4 is 5.32 Å². The molecule has 0 radical (unpaired) electrons. The first-order valence-corrected chi connectivity index (χ1v) is 10.4. The van der Waals surface area contributed by atoms with Crippen LogP contribution in [0.25, 0.3) is 0 Å². The average molecular weight is 473 g/mol. The number of benzene rings is 3. The molecule has 0 aliphatic rings. The average Bonchev–Trinajstić information content (AvgIpc) is 2.64. The fourth-order valence-corrected chi connectivity index (χ4v) is 4.02. The van der Waals surface area contributed by atoms with Gasteiger partial charge >= 0.3 is 0 Å². The van der Waals surface area contributed by atoms with Crippen molar-refractivity contribution in [1.82, 2.24) is 0 Å². The molecule has 132 valence electrons. The van der Waals surface area contributed by atoms with Gasteiger partial charge in [-0.15, -0.1) is 11.8 Å². The Labute approximate surface area is 172 Å². The molecule has 1 N–H and O–H groups in total. The SMILES string of the molecule is Cc1ccc(SCc2ccc(C(=O)Nc3ccc(I)cc3C)cc2)cc1. The minimum atomic E-state index is -0.0768. The van der Waals surface area contributed by atoms with Crippen LogP contribution in [0.4, 0.5) is 5.69 Å². The highest BCUT2D eigenvalue weighted by Gasteiger charge is 2.08. The summed E-state index contributed by atoms with van der Waals surface area (Å²) in [7, 11) is 0. The Morgan fingerprint density at radius 1 is 0.962 bits per heavy atom. The maximum Gasteiger partial charge on any atom is 0.255 e. The van der Waals surface area contributed by atoms with E-state index in [9.17, 15) is 4.79 Å². The second-order valence-corrected chi connectivity index (χ2v) is 8.51. The lowest BCUT2D eigenvalue weighted by molar-refractivity contribution is 0.102. The summed E-state index contributed by atoms with van der Waals surface area (Å²) in [6.07, 6.45) is 0. The van der Waals surface area contributed by atoms with Crippen molar-refractivity contribution in [2.45, 2.75) is 24.5 Å². The van der Waals surface area contributed by atoms with E-state index in [-0.39, 0.29) is 5.91 Å². The topological polar surface area (TPSA) is 29.1 Å². The van der Waals surface area contributed by atoms with Crippen LogP contribution in [-0.4, -0.2) is 5.91 Å². The smallest absolute Gasteiger partial charge is 0.255 e. The summed E-state index contributed by atoms with van der Waals surface area (Å²) in [6, 6.07) is 22.4. The van der Waals surface area contributed by atoms with E-state index in [0.29, 0.717) is 5.56 Å².